The summed E-state index contributed by atoms with van der Waals surface area (Å²) in [6, 6.07) is 8.84. The number of nitrogens with zero attached hydrogens (tertiary/aromatic N) is 2. The van der Waals surface area contributed by atoms with E-state index in [9.17, 15) is 0 Å². The Kier molecular flexibility index (Phi) is 2.96. The maximum absolute atomic E-state index is 6.07. The summed E-state index contributed by atoms with van der Waals surface area (Å²) in [6.45, 7) is 4.24. The molecule has 1 aliphatic heterocycles. The molecule has 0 saturated carbocycles. The van der Waals surface area contributed by atoms with E-state index in [1.165, 1.54) is 0 Å². The number of aryl methyl sites for hydroxylation is 1. The first-order valence-corrected chi connectivity index (χ1v) is 6.54. The SMILES string of the molecule is CC1CCNCC1Oc1nc2ccccc2n1C. The normalized spacial score (nSPS) is 24.3. The molecule has 4 heteroatoms. The van der Waals surface area contributed by atoms with Crippen LogP contribution in [-0.4, -0.2) is 28.7 Å². The van der Waals surface area contributed by atoms with E-state index >= 15 is 0 Å². The number of imidazole rings is 1. The highest BCUT2D eigenvalue weighted by Crippen LogP contribution is 2.23. The van der Waals surface area contributed by atoms with Crippen molar-refractivity contribution >= 4 is 11.0 Å². The van der Waals surface area contributed by atoms with Crippen LogP contribution in [0, 0.1) is 5.92 Å². The molecule has 0 aliphatic carbocycles. The molecule has 2 atom stereocenters. The lowest BCUT2D eigenvalue weighted by atomic mass is 9.97. The van der Waals surface area contributed by atoms with Crippen molar-refractivity contribution in [1.29, 1.82) is 0 Å². The molecule has 1 aromatic carbocycles. The van der Waals surface area contributed by atoms with Crippen molar-refractivity contribution in [2.45, 2.75) is 19.4 Å². The number of aromatic nitrogens is 2. The molecule has 1 fully saturated rings. The van der Waals surface area contributed by atoms with Crippen molar-refractivity contribution < 1.29 is 4.74 Å². The van der Waals surface area contributed by atoms with Gasteiger partial charge in [-0.2, -0.15) is 4.98 Å². The minimum absolute atomic E-state index is 0.217. The van der Waals surface area contributed by atoms with Gasteiger partial charge in [-0.1, -0.05) is 19.1 Å². The third-order valence-electron chi connectivity index (χ3n) is 3.76. The second-order valence-corrected chi connectivity index (χ2v) is 5.07. The van der Waals surface area contributed by atoms with Crippen LogP contribution in [0.15, 0.2) is 24.3 Å². The molecule has 2 aromatic rings. The molecule has 4 nitrogen and oxygen atoms in total. The van der Waals surface area contributed by atoms with Crippen molar-refractivity contribution in [3.63, 3.8) is 0 Å². The first-order valence-electron chi connectivity index (χ1n) is 6.54. The molecule has 18 heavy (non-hydrogen) atoms. The van der Waals surface area contributed by atoms with Gasteiger partial charge in [-0.05, 0) is 31.0 Å². The third kappa shape index (κ3) is 1.97. The molecule has 0 radical (unpaired) electrons. The van der Waals surface area contributed by atoms with Crippen molar-refractivity contribution in [3.05, 3.63) is 24.3 Å². The van der Waals surface area contributed by atoms with Gasteiger partial charge in [0.25, 0.3) is 6.01 Å². The van der Waals surface area contributed by atoms with Crippen LogP contribution in [0.4, 0.5) is 0 Å². The number of fused-ring (bicyclic) bond motifs is 1. The quantitative estimate of drug-likeness (QED) is 0.879. The summed E-state index contributed by atoms with van der Waals surface area (Å²) in [5.41, 5.74) is 2.11. The summed E-state index contributed by atoms with van der Waals surface area (Å²) in [7, 11) is 2.01. The molecular weight excluding hydrogens is 226 g/mol. The second kappa shape index (κ2) is 4.61. The maximum Gasteiger partial charge on any atom is 0.297 e. The predicted octanol–water partition coefficient (Wildman–Crippen LogP) is 1.95. The van der Waals surface area contributed by atoms with Gasteiger partial charge in [0.05, 0.1) is 11.0 Å². The molecule has 0 spiro atoms. The number of piperidine rings is 1. The van der Waals surface area contributed by atoms with Gasteiger partial charge in [0.1, 0.15) is 6.10 Å². The Bertz CT molecular complexity index is 549. The zero-order valence-electron chi connectivity index (χ0n) is 10.9. The standard InChI is InChI=1S/C14H19N3O/c1-10-7-8-15-9-13(10)18-14-16-11-5-3-4-6-12(11)17(14)2/h3-6,10,13,15H,7-9H2,1-2H3. The lowest BCUT2D eigenvalue weighted by molar-refractivity contribution is 0.101. The predicted molar refractivity (Wildman–Crippen MR) is 71.8 cm³/mol. The van der Waals surface area contributed by atoms with Gasteiger partial charge >= 0.3 is 0 Å². The minimum Gasteiger partial charge on any atom is -0.460 e. The average Bonchev–Trinajstić information content (AvgIpc) is 2.70. The fraction of sp³-hybridized carbons (Fsp3) is 0.500. The summed E-state index contributed by atoms with van der Waals surface area (Å²) in [5, 5.41) is 3.38. The lowest BCUT2D eigenvalue weighted by Crippen LogP contribution is -2.43. The highest BCUT2D eigenvalue weighted by Gasteiger charge is 2.24. The lowest BCUT2D eigenvalue weighted by Gasteiger charge is -2.29. The number of nitrogens with one attached hydrogen (secondary N) is 1. The van der Waals surface area contributed by atoms with Crippen LogP contribution >= 0.6 is 0 Å². The van der Waals surface area contributed by atoms with E-state index < -0.39 is 0 Å². The second-order valence-electron chi connectivity index (χ2n) is 5.07. The number of benzene rings is 1. The summed E-state index contributed by atoms with van der Waals surface area (Å²) in [6.07, 6.45) is 1.38. The molecule has 3 rings (SSSR count). The molecule has 1 N–H and O–H groups in total. The van der Waals surface area contributed by atoms with Gasteiger partial charge in [-0.3, -0.25) is 4.57 Å². The topological polar surface area (TPSA) is 39.1 Å². The fourth-order valence-electron chi connectivity index (χ4n) is 2.48. The van der Waals surface area contributed by atoms with Gasteiger partial charge in [-0.25, -0.2) is 0 Å². The van der Waals surface area contributed by atoms with E-state index in [1.54, 1.807) is 0 Å². The van der Waals surface area contributed by atoms with Crippen LogP contribution in [-0.2, 0) is 7.05 Å². The summed E-state index contributed by atoms with van der Waals surface area (Å²) in [5.74, 6) is 0.575. The Hall–Kier alpha value is -1.55. The van der Waals surface area contributed by atoms with Gasteiger partial charge in [-0.15, -0.1) is 0 Å². The Labute approximate surface area is 107 Å². The van der Waals surface area contributed by atoms with Crippen LogP contribution in [0.2, 0.25) is 0 Å². The smallest absolute Gasteiger partial charge is 0.297 e. The van der Waals surface area contributed by atoms with Gasteiger partial charge < -0.3 is 10.1 Å². The van der Waals surface area contributed by atoms with E-state index in [4.69, 9.17) is 4.74 Å². The van der Waals surface area contributed by atoms with E-state index in [0.29, 0.717) is 5.92 Å². The monoisotopic (exact) mass is 245 g/mol. The highest BCUT2D eigenvalue weighted by atomic mass is 16.5. The highest BCUT2D eigenvalue weighted by molar-refractivity contribution is 5.76. The third-order valence-corrected chi connectivity index (χ3v) is 3.76. The van der Waals surface area contributed by atoms with E-state index in [0.717, 1.165) is 36.6 Å². The molecule has 1 aromatic heterocycles. The zero-order chi connectivity index (χ0) is 12.5. The summed E-state index contributed by atoms with van der Waals surface area (Å²) >= 11 is 0. The Balaban J connectivity index is 1.88. The number of ether oxygens (including phenoxy) is 1. The minimum atomic E-state index is 0.217. The van der Waals surface area contributed by atoms with Crippen LogP contribution in [0.25, 0.3) is 11.0 Å². The van der Waals surface area contributed by atoms with Crippen molar-refractivity contribution in [1.82, 2.24) is 14.9 Å². The van der Waals surface area contributed by atoms with Gasteiger partial charge in [0.2, 0.25) is 0 Å². The van der Waals surface area contributed by atoms with Crippen LogP contribution < -0.4 is 10.1 Å². The van der Waals surface area contributed by atoms with E-state index in [1.807, 2.05) is 29.8 Å². The molecular formula is C14H19N3O. The molecule has 2 unspecified atom stereocenters. The van der Waals surface area contributed by atoms with E-state index in [-0.39, 0.29) is 6.10 Å². The molecule has 96 valence electrons. The molecule has 0 bridgehead atoms. The number of rotatable bonds is 2. The molecule has 0 amide bonds. The zero-order valence-corrected chi connectivity index (χ0v) is 10.9. The average molecular weight is 245 g/mol. The van der Waals surface area contributed by atoms with Crippen molar-refractivity contribution in [2.75, 3.05) is 13.1 Å². The maximum atomic E-state index is 6.07. The Morgan fingerprint density at radius 1 is 1.39 bits per heavy atom. The fourth-order valence-corrected chi connectivity index (χ4v) is 2.48. The number of hydrogen-bond donors (Lipinski definition) is 1. The van der Waals surface area contributed by atoms with Gasteiger partial charge in [0, 0.05) is 13.6 Å². The van der Waals surface area contributed by atoms with Crippen LogP contribution in [0.5, 0.6) is 6.01 Å². The van der Waals surface area contributed by atoms with E-state index in [2.05, 4.69) is 23.3 Å². The Morgan fingerprint density at radius 3 is 3.00 bits per heavy atom. The molecule has 1 aliphatic rings. The summed E-state index contributed by atoms with van der Waals surface area (Å²) in [4.78, 5) is 4.55. The van der Waals surface area contributed by atoms with Crippen LogP contribution in [0.3, 0.4) is 0 Å². The van der Waals surface area contributed by atoms with Crippen molar-refractivity contribution in [2.24, 2.45) is 13.0 Å². The van der Waals surface area contributed by atoms with Gasteiger partial charge in [0.15, 0.2) is 0 Å². The summed E-state index contributed by atoms with van der Waals surface area (Å²) < 4.78 is 8.10. The molecule has 1 saturated heterocycles. The first kappa shape index (κ1) is 11.5. The number of hydrogen-bond acceptors (Lipinski definition) is 3. The number of para-hydroxylation sites is 2. The first-order chi connectivity index (χ1) is 8.75. The van der Waals surface area contributed by atoms with Crippen LogP contribution in [0.1, 0.15) is 13.3 Å². The molecule has 2 heterocycles. The van der Waals surface area contributed by atoms with Crippen molar-refractivity contribution in [3.8, 4) is 6.01 Å². The Morgan fingerprint density at radius 2 is 2.22 bits per heavy atom. The largest absolute Gasteiger partial charge is 0.460 e.